The van der Waals surface area contributed by atoms with Gasteiger partial charge in [-0.25, -0.2) is 0 Å². The summed E-state index contributed by atoms with van der Waals surface area (Å²) < 4.78 is 0. The van der Waals surface area contributed by atoms with Crippen LogP contribution in [0.1, 0.15) is 48.3 Å². The number of carboxylic acid groups (broad SMARTS) is 1. The number of aliphatic carboxylic acids is 1. The number of carbonyl (C=O) groups is 1. The van der Waals surface area contributed by atoms with Gasteiger partial charge in [0.25, 0.3) is 0 Å². The van der Waals surface area contributed by atoms with Crippen molar-refractivity contribution in [2.45, 2.75) is 50.6 Å². The third-order valence-corrected chi connectivity index (χ3v) is 4.63. The summed E-state index contributed by atoms with van der Waals surface area (Å²) >= 11 is 0. The maximum Gasteiger partial charge on any atom is 0.303 e. The minimum Gasteiger partial charge on any atom is -0.481 e. The molecule has 1 saturated carbocycles. The largest absolute Gasteiger partial charge is 0.481 e. The molecule has 0 aliphatic heterocycles. The lowest BCUT2D eigenvalue weighted by molar-refractivity contribution is -0.137. The maximum absolute atomic E-state index is 10.9. The van der Waals surface area contributed by atoms with E-state index in [-0.39, 0.29) is 12.5 Å². The van der Waals surface area contributed by atoms with E-state index >= 15 is 0 Å². The molecule has 0 aromatic heterocycles. The number of hydrogen-bond acceptors (Lipinski definition) is 2. The van der Waals surface area contributed by atoms with Crippen molar-refractivity contribution in [1.82, 2.24) is 5.32 Å². The SMILES string of the molecule is O=C(O)CCC(Cc1ccccc1)NCc1cccc(C2CC2)c1. The average molecular weight is 323 g/mol. The molecule has 2 aromatic rings. The fourth-order valence-corrected chi connectivity index (χ4v) is 3.11. The van der Waals surface area contributed by atoms with Gasteiger partial charge in [0.15, 0.2) is 0 Å². The number of rotatable bonds is 9. The molecule has 0 amide bonds. The van der Waals surface area contributed by atoms with Crippen LogP contribution in [0.15, 0.2) is 54.6 Å². The highest BCUT2D eigenvalue weighted by atomic mass is 16.4. The number of hydrogen-bond donors (Lipinski definition) is 2. The summed E-state index contributed by atoms with van der Waals surface area (Å²) in [6.45, 7) is 0.789. The van der Waals surface area contributed by atoms with Gasteiger partial charge in [-0.15, -0.1) is 0 Å². The van der Waals surface area contributed by atoms with E-state index in [0.29, 0.717) is 6.42 Å². The lowest BCUT2D eigenvalue weighted by Gasteiger charge is -2.18. The Morgan fingerprint density at radius 2 is 1.83 bits per heavy atom. The number of nitrogens with one attached hydrogen (secondary N) is 1. The van der Waals surface area contributed by atoms with Gasteiger partial charge in [-0.05, 0) is 48.3 Å². The molecule has 1 aliphatic rings. The van der Waals surface area contributed by atoms with Gasteiger partial charge >= 0.3 is 5.97 Å². The Morgan fingerprint density at radius 1 is 1.08 bits per heavy atom. The second-order valence-electron chi connectivity index (χ2n) is 6.72. The average Bonchev–Trinajstić information content (AvgIpc) is 3.43. The van der Waals surface area contributed by atoms with Crippen LogP contribution in [0.5, 0.6) is 0 Å². The van der Waals surface area contributed by atoms with E-state index in [4.69, 9.17) is 5.11 Å². The van der Waals surface area contributed by atoms with Gasteiger partial charge < -0.3 is 10.4 Å². The fourth-order valence-electron chi connectivity index (χ4n) is 3.11. The van der Waals surface area contributed by atoms with E-state index in [1.165, 1.54) is 29.5 Å². The highest BCUT2D eigenvalue weighted by Crippen LogP contribution is 2.40. The van der Waals surface area contributed by atoms with Crippen molar-refractivity contribution >= 4 is 5.97 Å². The van der Waals surface area contributed by atoms with E-state index in [9.17, 15) is 4.79 Å². The predicted octanol–water partition coefficient (Wildman–Crippen LogP) is 4.13. The Morgan fingerprint density at radius 3 is 2.54 bits per heavy atom. The van der Waals surface area contributed by atoms with E-state index in [0.717, 1.165) is 18.9 Å². The van der Waals surface area contributed by atoms with Crippen LogP contribution in [-0.2, 0) is 17.8 Å². The van der Waals surface area contributed by atoms with Crippen molar-refractivity contribution in [2.24, 2.45) is 0 Å². The quantitative estimate of drug-likeness (QED) is 0.729. The van der Waals surface area contributed by atoms with Crippen molar-refractivity contribution in [3.63, 3.8) is 0 Å². The molecule has 2 N–H and O–H groups in total. The lowest BCUT2D eigenvalue weighted by atomic mass is 10.0. The minimum absolute atomic E-state index is 0.174. The lowest BCUT2D eigenvalue weighted by Crippen LogP contribution is -2.31. The molecule has 3 heteroatoms. The van der Waals surface area contributed by atoms with Gasteiger partial charge in [-0.2, -0.15) is 0 Å². The molecule has 1 aliphatic carbocycles. The van der Waals surface area contributed by atoms with Gasteiger partial charge in [0.05, 0.1) is 0 Å². The molecule has 0 spiro atoms. The van der Waals surface area contributed by atoms with E-state index < -0.39 is 5.97 Å². The normalized spacial score (nSPS) is 15.2. The van der Waals surface area contributed by atoms with Crippen LogP contribution >= 0.6 is 0 Å². The first-order chi connectivity index (χ1) is 11.7. The molecular formula is C21H25NO2. The zero-order chi connectivity index (χ0) is 16.8. The fraction of sp³-hybridized carbons (Fsp3) is 0.381. The summed E-state index contributed by atoms with van der Waals surface area (Å²) in [6.07, 6.45) is 4.33. The Balaban J connectivity index is 1.60. The molecule has 0 heterocycles. The van der Waals surface area contributed by atoms with Crippen molar-refractivity contribution in [2.75, 3.05) is 0 Å². The molecule has 24 heavy (non-hydrogen) atoms. The van der Waals surface area contributed by atoms with Crippen LogP contribution in [0, 0.1) is 0 Å². The molecule has 3 nitrogen and oxygen atoms in total. The zero-order valence-electron chi connectivity index (χ0n) is 13.9. The number of benzene rings is 2. The molecule has 1 atom stereocenters. The van der Waals surface area contributed by atoms with Crippen molar-refractivity contribution < 1.29 is 9.90 Å². The molecule has 0 radical (unpaired) electrons. The Labute approximate surface area is 143 Å². The van der Waals surface area contributed by atoms with Gasteiger partial charge in [-0.1, -0.05) is 54.6 Å². The monoisotopic (exact) mass is 323 g/mol. The Bertz CT molecular complexity index is 665. The molecule has 1 fully saturated rings. The summed E-state index contributed by atoms with van der Waals surface area (Å²) in [7, 11) is 0. The zero-order valence-corrected chi connectivity index (χ0v) is 13.9. The van der Waals surface area contributed by atoms with Crippen molar-refractivity contribution in [3.8, 4) is 0 Å². The Kier molecular flexibility index (Phi) is 5.65. The van der Waals surface area contributed by atoms with Crippen molar-refractivity contribution in [1.29, 1.82) is 0 Å². The van der Waals surface area contributed by atoms with Gasteiger partial charge in [-0.3, -0.25) is 4.79 Å². The summed E-state index contributed by atoms with van der Waals surface area (Å²) in [6, 6.07) is 19.2. The topological polar surface area (TPSA) is 49.3 Å². The van der Waals surface area contributed by atoms with Crippen molar-refractivity contribution in [3.05, 3.63) is 71.3 Å². The first kappa shape index (κ1) is 16.7. The highest BCUT2D eigenvalue weighted by Gasteiger charge is 2.23. The van der Waals surface area contributed by atoms with E-state index in [1.807, 2.05) is 18.2 Å². The van der Waals surface area contributed by atoms with Gasteiger partial charge in [0, 0.05) is 19.0 Å². The molecule has 2 aromatic carbocycles. The standard InChI is InChI=1S/C21H25NO2/c23-21(24)12-11-20(14-16-5-2-1-3-6-16)22-15-17-7-4-8-19(13-17)18-9-10-18/h1-8,13,18,20,22H,9-12,14-15H2,(H,23,24). The van der Waals surface area contributed by atoms with E-state index in [2.05, 4.69) is 41.7 Å². The number of carboxylic acids is 1. The minimum atomic E-state index is -0.731. The summed E-state index contributed by atoms with van der Waals surface area (Å²) in [5, 5.41) is 12.6. The van der Waals surface area contributed by atoms with Crippen LogP contribution in [-0.4, -0.2) is 17.1 Å². The third-order valence-electron chi connectivity index (χ3n) is 4.63. The highest BCUT2D eigenvalue weighted by molar-refractivity contribution is 5.66. The van der Waals surface area contributed by atoms with Crippen LogP contribution in [0.3, 0.4) is 0 Å². The molecule has 1 unspecified atom stereocenters. The molecule has 0 bridgehead atoms. The van der Waals surface area contributed by atoms with Gasteiger partial charge in [0.1, 0.15) is 0 Å². The molecule has 126 valence electrons. The van der Waals surface area contributed by atoms with E-state index in [1.54, 1.807) is 0 Å². The van der Waals surface area contributed by atoms with Crippen LogP contribution in [0.2, 0.25) is 0 Å². The third kappa shape index (κ3) is 5.20. The first-order valence-electron chi connectivity index (χ1n) is 8.78. The molecule has 0 saturated heterocycles. The summed E-state index contributed by atoms with van der Waals surface area (Å²) in [4.78, 5) is 10.9. The molecular weight excluding hydrogens is 298 g/mol. The maximum atomic E-state index is 10.9. The predicted molar refractivity (Wildman–Crippen MR) is 96.1 cm³/mol. The smallest absolute Gasteiger partial charge is 0.303 e. The first-order valence-corrected chi connectivity index (χ1v) is 8.78. The second kappa shape index (κ2) is 8.11. The summed E-state index contributed by atoms with van der Waals surface area (Å²) in [5.41, 5.74) is 3.97. The summed E-state index contributed by atoms with van der Waals surface area (Å²) in [5.74, 6) is 0.0302. The van der Waals surface area contributed by atoms with Gasteiger partial charge in [0.2, 0.25) is 0 Å². The van der Waals surface area contributed by atoms with Crippen LogP contribution in [0.4, 0.5) is 0 Å². The second-order valence-corrected chi connectivity index (χ2v) is 6.72. The van der Waals surface area contributed by atoms with Crippen LogP contribution < -0.4 is 5.32 Å². The Hall–Kier alpha value is -2.13. The van der Waals surface area contributed by atoms with Crippen LogP contribution in [0.25, 0.3) is 0 Å². The molecule has 3 rings (SSSR count).